The molecule has 2 amide bonds. The molecule has 16 heavy (non-hydrogen) atoms. The number of rotatable bonds is 5. The first-order chi connectivity index (χ1) is 7.58. The van der Waals surface area contributed by atoms with Crippen LogP contribution in [0.25, 0.3) is 0 Å². The topological polar surface area (TPSA) is 98.7 Å². The predicted molar refractivity (Wildman–Crippen MR) is 58.3 cm³/mol. The van der Waals surface area contributed by atoms with E-state index >= 15 is 0 Å². The van der Waals surface area contributed by atoms with E-state index in [1.165, 1.54) is 7.11 Å². The zero-order valence-electron chi connectivity index (χ0n) is 9.52. The molecule has 0 bridgehead atoms. The lowest BCUT2D eigenvalue weighted by atomic mass is 10.1. The van der Waals surface area contributed by atoms with Gasteiger partial charge in [0, 0.05) is 26.7 Å². The predicted octanol–water partition coefficient (Wildman–Crippen LogP) is -1.32. The van der Waals surface area contributed by atoms with Crippen LogP contribution in [0, 0.1) is 5.92 Å². The molecule has 1 rings (SSSR count). The van der Waals surface area contributed by atoms with Gasteiger partial charge in [0.1, 0.15) is 0 Å². The Morgan fingerprint density at radius 2 is 2.25 bits per heavy atom. The van der Waals surface area contributed by atoms with Crippen LogP contribution in [-0.2, 0) is 14.3 Å². The quantitative estimate of drug-likeness (QED) is 0.611. The first-order valence-corrected chi connectivity index (χ1v) is 5.38. The molecule has 0 aromatic heterocycles. The van der Waals surface area contributed by atoms with Crippen LogP contribution >= 0.6 is 0 Å². The van der Waals surface area contributed by atoms with Gasteiger partial charge in [0.05, 0.1) is 18.4 Å². The molecule has 1 aliphatic rings. The van der Waals surface area contributed by atoms with E-state index in [9.17, 15) is 9.59 Å². The van der Waals surface area contributed by atoms with Crippen LogP contribution in [0.1, 0.15) is 12.8 Å². The highest BCUT2D eigenvalue weighted by atomic mass is 16.5. The van der Waals surface area contributed by atoms with Crippen molar-refractivity contribution < 1.29 is 14.3 Å². The van der Waals surface area contributed by atoms with Crippen molar-refractivity contribution in [3.05, 3.63) is 0 Å². The normalized spacial score (nSPS) is 22.1. The van der Waals surface area contributed by atoms with E-state index in [2.05, 4.69) is 0 Å². The van der Waals surface area contributed by atoms with Crippen LogP contribution in [0.2, 0.25) is 0 Å². The van der Waals surface area contributed by atoms with E-state index in [4.69, 9.17) is 16.2 Å². The average Bonchev–Trinajstić information content (AvgIpc) is 2.74. The van der Waals surface area contributed by atoms with E-state index in [1.807, 2.05) is 0 Å². The minimum Gasteiger partial charge on any atom is -0.380 e. The molecule has 1 heterocycles. The molecule has 4 N–H and O–H groups in total. The number of primary amides is 1. The fraction of sp³-hybridized carbons (Fsp3) is 0.800. The molecule has 2 atom stereocenters. The molecule has 0 aromatic carbocycles. The number of nitrogens with zero attached hydrogens (tertiary/aromatic N) is 1. The van der Waals surface area contributed by atoms with E-state index in [1.54, 1.807) is 4.90 Å². The number of ether oxygens (including phenoxy) is 1. The second-order valence-electron chi connectivity index (χ2n) is 4.03. The molecule has 0 aromatic rings. The van der Waals surface area contributed by atoms with Gasteiger partial charge in [-0.2, -0.15) is 0 Å². The molecule has 0 radical (unpaired) electrons. The highest BCUT2D eigenvalue weighted by molar-refractivity contribution is 5.81. The van der Waals surface area contributed by atoms with Crippen LogP contribution in [0.4, 0.5) is 0 Å². The van der Waals surface area contributed by atoms with Gasteiger partial charge in [0.15, 0.2) is 0 Å². The fourth-order valence-electron chi connectivity index (χ4n) is 1.81. The summed E-state index contributed by atoms with van der Waals surface area (Å²) in [5, 5.41) is 0. The number of likely N-dealkylation sites (tertiary alicyclic amines) is 1. The summed E-state index contributed by atoms with van der Waals surface area (Å²) in [6.07, 6.45) is 0.667. The zero-order chi connectivity index (χ0) is 12.1. The minimum absolute atomic E-state index is 0.0268. The Kier molecular flexibility index (Phi) is 4.70. The Morgan fingerprint density at radius 3 is 2.69 bits per heavy atom. The number of hydrogen-bond donors (Lipinski definition) is 2. The third-order valence-corrected chi connectivity index (χ3v) is 2.94. The summed E-state index contributed by atoms with van der Waals surface area (Å²) in [6, 6.07) is 0. The monoisotopic (exact) mass is 229 g/mol. The third-order valence-electron chi connectivity index (χ3n) is 2.94. The molecule has 0 saturated carbocycles. The first kappa shape index (κ1) is 12.9. The fourth-order valence-corrected chi connectivity index (χ4v) is 1.81. The molecule has 6 nitrogen and oxygen atoms in total. The van der Waals surface area contributed by atoms with Crippen molar-refractivity contribution in [3.8, 4) is 0 Å². The second kappa shape index (κ2) is 5.81. The summed E-state index contributed by atoms with van der Waals surface area (Å²) >= 11 is 0. The van der Waals surface area contributed by atoms with Gasteiger partial charge in [0.2, 0.25) is 11.8 Å². The lowest BCUT2D eigenvalue weighted by Gasteiger charge is -2.19. The number of amides is 2. The molecule has 0 aliphatic carbocycles. The number of hydrogen-bond acceptors (Lipinski definition) is 4. The Bertz CT molecular complexity index is 266. The van der Waals surface area contributed by atoms with E-state index in [0.717, 1.165) is 0 Å². The van der Waals surface area contributed by atoms with Gasteiger partial charge in [-0.15, -0.1) is 0 Å². The van der Waals surface area contributed by atoms with E-state index < -0.39 is 0 Å². The van der Waals surface area contributed by atoms with E-state index in [0.29, 0.717) is 26.1 Å². The van der Waals surface area contributed by atoms with Crippen molar-refractivity contribution in [2.45, 2.75) is 18.9 Å². The maximum absolute atomic E-state index is 11.8. The van der Waals surface area contributed by atoms with Crippen molar-refractivity contribution >= 4 is 11.8 Å². The van der Waals surface area contributed by atoms with E-state index in [-0.39, 0.29) is 30.3 Å². The van der Waals surface area contributed by atoms with Gasteiger partial charge in [-0.1, -0.05) is 0 Å². The Labute approximate surface area is 94.9 Å². The van der Waals surface area contributed by atoms with Gasteiger partial charge in [-0.25, -0.2) is 0 Å². The maximum atomic E-state index is 11.8. The van der Waals surface area contributed by atoms with Gasteiger partial charge < -0.3 is 21.1 Å². The molecule has 92 valence electrons. The Balaban J connectivity index is 2.41. The third kappa shape index (κ3) is 3.18. The minimum atomic E-state index is -0.336. The second-order valence-corrected chi connectivity index (χ2v) is 4.03. The standard InChI is InChI=1S/C10H19N3O3/c1-16-8(5-11)4-9(14)13-3-2-7(6-13)10(12)15/h7-8H,2-6,11H2,1H3,(H2,12,15). The van der Waals surface area contributed by atoms with Crippen LogP contribution in [0.5, 0.6) is 0 Å². The van der Waals surface area contributed by atoms with Crippen LogP contribution < -0.4 is 11.5 Å². The summed E-state index contributed by atoms with van der Waals surface area (Å²) in [4.78, 5) is 24.4. The average molecular weight is 229 g/mol. The van der Waals surface area contributed by atoms with Crippen molar-refractivity contribution in [1.82, 2.24) is 4.90 Å². The molecule has 1 saturated heterocycles. The highest BCUT2D eigenvalue weighted by Gasteiger charge is 2.30. The van der Waals surface area contributed by atoms with Crippen molar-refractivity contribution in [2.24, 2.45) is 17.4 Å². The smallest absolute Gasteiger partial charge is 0.225 e. The highest BCUT2D eigenvalue weighted by Crippen LogP contribution is 2.17. The van der Waals surface area contributed by atoms with Gasteiger partial charge in [0.25, 0.3) is 0 Å². The molecule has 6 heteroatoms. The Morgan fingerprint density at radius 1 is 1.56 bits per heavy atom. The number of carbonyl (C=O) groups is 2. The van der Waals surface area contributed by atoms with Crippen LogP contribution in [-0.4, -0.2) is 49.6 Å². The lowest BCUT2D eigenvalue weighted by Crippen LogP contribution is -2.35. The number of nitrogens with two attached hydrogens (primary N) is 2. The molecule has 1 fully saturated rings. The van der Waals surface area contributed by atoms with Crippen LogP contribution in [0.3, 0.4) is 0 Å². The van der Waals surface area contributed by atoms with Crippen LogP contribution in [0.15, 0.2) is 0 Å². The number of carbonyl (C=O) groups excluding carboxylic acids is 2. The SMILES string of the molecule is COC(CN)CC(=O)N1CCC(C(N)=O)C1. The lowest BCUT2D eigenvalue weighted by molar-refractivity contribution is -0.132. The van der Waals surface area contributed by atoms with Crippen molar-refractivity contribution in [3.63, 3.8) is 0 Å². The summed E-state index contributed by atoms with van der Waals surface area (Å²) < 4.78 is 5.04. The number of methoxy groups -OCH3 is 1. The molecule has 1 aliphatic heterocycles. The Hall–Kier alpha value is -1.14. The van der Waals surface area contributed by atoms with Crippen molar-refractivity contribution in [1.29, 1.82) is 0 Å². The van der Waals surface area contributed by atoms with Crippen molar-refractivity contribution in [2.75, 3.05) is 26.7 Å². The van der Waals surface area contributed by atoms with Gasteiger partial charge in [-0.3, -0.25) is 9.59 Å². The summed E-state index contributed by atoms with van der Waals surface area (Å²) in [5.74, 6) is -0.568. The van der Waals surface area contributed by atoms with Gasteiger partial charge in [-0.05, 0) is 6.42 Å². The molecular formula is C10H19N3O3. The molecule has 2 unspecified atom stereocenters. The summed E-state index contributed by atoms with van der Waals surface area (Å²) in [7, 11) is 1.53. The summed E-state index contributed by atoms with van der Waals surface area (Å²) in [5.41, 5.74) is 10.6. The molecular weight excluding hydrogens is 210 g/mol. The molecule has 0 spiro atoms. The first-order valence-electron chi connectivity index (χ1n) is 5.38. The summed E-state index contributed by atoms with van der Waals surface area (Å²) in [6.45, 7) is 1.33. The van der Waals surface area contributed by atoms with Gasteiger partial charge >= 0.3 is 0 Å². The zero-order valence-corrected chi connectivity index (χ0v) is 9.52. The largest absolute Gasteiger partial charge is 0.380 e. The maximum Gasteiger partial charge on any atom is 0.225 e.